The highest BCUT2D eigenvalue weighted by atomic mass is 35.5. The Balaban J connectivity index is 2.37. The van der Waals surface area contributed by atoms with Crippen molar-refractivity contribution >= 4 is 17.5 Å². The Morgan fingerprint density at radius 1 is 1.50 bits per heavy atom. The summed E-state index contributed by atoms with van der Waals surface area (Å²) < 4.78 is 5.96. The van der Waals surface area contributed by atoms with Crippen LogP contribution in [0, 0.1) is 12.3 Å². The third-order valence-corrected chi connectivity index (χ3v) is 3.85. The molecule has 0 saturated carbocycles. The van der Waals surface area contributed by atoms with Gasteiger partial charge in [-0.3, -0.25) is 9.69 Å². The van der Waals surface area contributed by atoms with Crippen LogP contribution in [0.25, 0.3) is 0 Å². The molecule has 2 atom stereocenters. The number of nitrogens with zero attached hydrogens (tertiary/aromatic N) is 1. The number of hydrogen-bond donors (Lipinski definition) is 0. The van der Waals surface area contributed by atoms with Crippen LogP contribution in [0.1, 0.15) is 25.1 Å². The van der Waals surface area contributed by atoms with Gasteiger partial charge in [0.15, 0.2) is 0 Å². The molecule has 2 unspecified atom stereocenters. The predicted octanol–water partition coefficient (Wildman–Crippen LogP) is 3.63. The maximum absolute atomic E-state index is 12.8. The number of halogens is 1. The first-order valence-corrected chi connectivity index (χ1v) is 7.44. The zero-order chi connectivity index (χ0) is 16.1. The number of amides is 1. The summed E-state index contributed by atoms with van der Waals surface area (Å²) in [5.74, 6) is 2.97. The molecule has 0 fully saturated rings. The summed E-state index contributed by atoms with van der Waals surface area (Å²) >= 11 is 6.09. The first kappa shape index (κ1) is 16.2. The second-order valence-corrected chi connectivity index (χ2v) is 5.57. The van der Waals surface area contributed by atoms with Crippen molar-refractivity contribution < 1.29 is 9.53 Å². The van der Waals surface area contributed by atoms with E-state index in [1.807, 2.05) is 30.3 Å². The van der Waals surface area contributed by atoms with E-state index in [1.54, 1.807) is 17.9 Å². The highest BCUT2D eigenvalue weighted by Gasteiger charge is 2.35. The number of ether oxygens (including phenoxy) is 1. The van der Waals surface area contributed by atoms with Gasteiger partial charge in [-0.2, -0.15) is 0 Å². The van der Waals surface area contributed by atoms with Gasteiger partial charge >= 0.3 is 0 Å². The molecule has 1 aliphatic heterocycles. The molecule has 3 nitrogen and oxygen atoms in total. The van der Waals surface area contributed by atoms with E-state index in [4.69, 9.17) is 22.8 Å². The minimum Gasteiger partial charge on any atom is -0.470 e. The van der Waals surface area contributed by atoms with Crippen molar-refractivity contribution in [1.82, 2.24) is 4.90 Å². The third-order valence-electron chi connectivity index (χ3n) is 3.52. The van der Waals surface area contributed by atoms with E-state index in [0.29, 0.717) is 17.8 Å². The van der Waals surface area contributed by atoms with Crippen LogP contribution in [0.5, 0.6) is 0 Å². The molecule has 1 amide bonds. The van der Waals surface area contributed by atoms with Crippen LogP contribution < -0.4 is 0 Å². The second-order valence-electron chi connectivity index (χ2n) is 5.01. The summed E-state index contributed by atoms with van der Waals surface area (Å²) in [6, 6.07) is 9.54. The van der Waals surface area contributed by atoms with E-state index >= 15 is 0 Å². The maximum Gasteiger partial charge on any atom is 0.257 e. The number of benzene rings is 1. The smallest absolute Gasteiger partial charge is 0.257 e. The molecule has 1 aromatic carbocycles. The third kappa shape index (κ3) is 3.35. The fourth-order valence-electron chi connectivity index (χ4n) is 2.36. The summed E-state index contributed by atoms with van der Waals surface area (Å²) in [7, 11) is 0. The van der Waals surface area contributed by atoms with Crippen LogP contribution >= 0.6 is 11.6 Å². The number of rotatable bonds is 5. The molecule has 22 heavy (non-hydrogen) atoms. The summed E-state index contributed by atoms with van der Waals surface area (Å²) in [6.07, 6.45) is 6.88. The lowest BCUT2D eigenvalue weighted by Crippen LogP contribution is -2.41. The Morgan fingerprint density at radius 2 is 2.18 bits per heavy atom. The topological polar surface area (TPSA) is 29.5 Å². The van der Waals surface area contributed by atoms with Crippen molar-refractivity contribution in [2.45, 2.75) is 24.9 Å². The quantitative estimate of drug-likeness (QED) is 0.472. The molecule has 4 heteroatoms. The Bertz CT molecular complexity index is 630. The van der Waals surface area contributed by atoms with Gasteiger partial charge in [0.1, 0.15) is 5.76 Å². The highest BCUT2D eigenvalue weighted by molar-refractivity contribution is 6.22. The van der Waals surface area contributed by atoms with Gasteiger partial charge in [-0.1, -0.05) is 42.3 Å². The second kappa shape index (κ2) is 7.20. The number of alkyl halides is 1. The van der Waals surface area contributed by atoms with Crippen LogP contribution in [0.2, 0.25) is 0 Å². The molecule has 1 aromatic rings. The molecule has 0 spiro atoms. The van der Waals surface area contributed by atoms with Crippen LogP contribution in [0.4, 0.5) is 0 Å². The number of hydrogen-bond acceptors (Lipinski definition) is 2. The summed E-state index contributed by atoms with van der Waals surface area (Å²) in [4.78, 5) is 14.3. The Kier molecular flexibility index (Phi) is 5.30. The molecular weight excluding hydrogens is 298 g/mol. The normalized spacial score (nSPS) is 19.4. The molecule has 114 valence electrons. The monoisotopic (exact) mass is 315 g/mol. The summed E-state index contributed by atoms with van der Waals surface area (Å²) in [5.41, 5.74) is 1.43. The largest absolute Gasteiger partial charge is 0.470 e. The minimum absolute atomic E-state index is 0.136. The van der Waals surface area contributed by atoms with E-state index in [9.17, 15) is 4.79 Å². The summed E-state index contributed by atoms with van der Waals surface area (Å²) in [6.45, 7) is 5.60. The van der Waals surface area contributed by atoms with Crippen molar-refractivity contribution in [3.05, 3.63) is 59.9 Å². The molecule has 1 aliphatic rings. The van der Waals surface area contributed by atoms with Crippen molar-refractivity contribution in [2.75, 3.05) is 6.54 Å². The van der Waals surface area contributed by atoms with Crippen LogP contribution in [-0.4, -0.2) is 22.7 Å². The molecule has 0 aromatic heterocycles. The molecular formula is C18H18ClNO2. The van der Waals surface area contributed by atoms with Gasteiger partial charge in [-0.25, -0.2) is 0 Å². The lowest BCUT2D eigenvalue weighted by Gasteiger charge is -2.36. The van der Waals surface area contributed by atoms with E-state index in [1.165, 1.54) is 0 Å². The van der Waals surface area contributed by atoms with Gasteiger partial charge in [0.05, 0.1) is 17.5 Å². The molecule has 0 aliphatic carbocycles. The number of allylic oxidation sites excluding steroid dienone is 2. The van der Waals surface area contributed by atoms with Crippen molar-refractivity contribution in [1.29, 1.82) is 0 Å². The zero-order valence-electron chi connectivity index (χ0n) is 12.5. The van der Waals surface area contributed by atoms with Crippen molar-refractivity contribution in [2.24, 2.45) is 0 Å². The first-order chi connectivity index (χ1) is 10.6. The SMILES string of the molecule is C#CCN1C(=O)C(CC(Cl)C=C)=C(C)OC1c1ccccc1. The average molecular weight is 316 g/mol. The van der Waals surface area contributed by atoms with Gasteiger partial charge in [-0.15, -0.1) is 24.6 Å². The zero-order valence-corrected chi connectivity index (χ0v) is 13.2. The molecule has 0 radical (unpaired) electrons. The molecule has 2 rings (SSSR count). The first-order valence-electron chi connectivity index (χ1n) is 7.01. The van der Waals surface area contributed by atoms with Gasteiger partial charge in [0, 0.05) is 12.0 Å². The average Bonchev–Trinajstić information content (AvgIpc) is 2.54. The van der Waals surface area contributed by atoms with Crippen molar-refractivity contribution in [3.8, 4) is 12.3 Å². The fraction of sp³-hybridized carbons (Fsp3) is 0.278. The lowest BCUT2D eigenvalue weighted by molar-refractivity contribution is -0.143. The Morgan fingerprint density at radius 3 is 2.77 bits per heavy atom. The van der Waals surface area contributed by atoms with E-state index < -0.39 is 6.23 Å². The standard InChI is InChI=1S/C18H18ClNO2/c1-4-11-20-17(21)16(12-15(19)5-2)13(3)22-18(20)14-9-7-6-8-10-14/h1,5-10,15,18H,2,11-12H2,3H3. The lowest BCUT2D eigenvalue weighted by atomic mass is 10.0. The number of terminal acetylenes is 1. The van der Waals surface area contributed by atoms with E-state index in [0.717, 1.165) is 5.56 Å². The van der Waals surface area contributed by atoms with Crippen LogP contribution in [0.3, 0.4) is 0 Å². The van der Waals surface area contributed by atoms with Gasteiger partial charge < -0.3 is 4.74 Å². The minimum atomic E-state index is -0.508. The molecule has 0 bridgehead atoms. The molecule has 0 N–H and O–H groups in total. The van der Waals surface area contributed by atoms with Gasteiger partial charge in [0.2, 0.25) is 6.23 Å². The maximum atomic E-state index is 12.8. The number of carbonyl (C=O) groups is 1. The predicted molar refractivity (Wildman–Crippen MR) is 88.0 cm³/mol. The van der Waals surface area contributed by atoms with E-state index in [-0.39, 0.29) is 17.8 Å². The van der Waals surface area contributed by atoms with Crippen LogP contribution in [0.15, 0.2) is 54.3 Å². The highest BCUT2D eigenvalue weighted by Crippen LogP contribution is 2.34. The summed E-state index contributed by atoms with van der Waals surface area (Å²) in [5, 5.41) is -0.321. The Hall–Kier alpha value is -2.18. The van der Waals surface area contributed by atoms with E-state index in [2.05, 4.69) is 12.5 Å². The molecule has 0 saturated heterocycles. The van der Waals surface area contributed by atoms with Crippen molar-refractivity contribution in [3.63, 3.8) is 0 Å². The van der Waals surface area contributed by atoms with Crippen LogP contribution in [-0.2, 0) is 9.53 Å². The Labute approximate surface area is 136 Å². The fourth-order valence-corrected chi connectivity index (χ4v) is 2.52. The molecule has 1 heterocycles. The van der Waals surface area contributed by atoms with Gasteiger partial charge in [0.25, 0.3) is 5.91 Å². The number of carbonyl (C=O) groups excluding carboxylic acids is 1. The van der Waals surface area contributed by atoms with Gasteiger partial charge in [-0.05, 0) is 6.92 Å².